The molecule has 12 heavy (non-hydrogen) atoms. The van der Waals surface area contributed by atoms with Crippen molar-refractivity contribution in [3.8, 4) is 17.9 Å². The molecule has 3 nitrogen and oxygen atoms in total. The minimum Gasteiger partial charge on any atom is -0.353 e. The molecule has 1 aliphatic heterocycles. The molecule has 0 aromatic heterocycles. The van der Waals surface area contributed by atoms with Gasteiger partial charge < -0.3 is 9.47 Å². The van der Waals surface area contributed by atoms with Crippen LogP contribution in [0.3, 0.4) is 0 Å². The van der Waals surface area contributed by atoms with Gasteiger partial charge in [0.25, 0.3) is 0 Å². The zero-order valence-electron chi connectivity index (χ0n) is 6.88. The van der Waals surface area contributed by atoms with Gasteiger partial charge in [-0.1, -0.05) is 5.92 Å². The highest BCUT2D eigenvalue weighted by Crippen LogP contribution is 2.12. The molecule has 1 unspecified atom stereocenters. The molecule has 3 heteroatoms. The topological polar surface area (TPSA) is 42.2 Å². The Hall–Kier alpha value is -1.03. The first-order chi connectivity index (χ1) is 5.93. The smallest absolute Gasteiger partial charge is 0.158 e. The summed E-state index contributed by atoms with van der Waals surface area (Å²) < 4.78 is 10.5. The SMILES string of the molecule is N#CC#CCOC1CCCCO1. The van der Waals surface area contributed by atoms with Crippen LogP contribution in [-0.2, 0) is 9.47 Å². The highest BCUT2D eigenvalue weighted by molar-refractivity contribution is 5.16. The second kappa shape index (κ2) is 5.60. The van der Waals surface area contributed by atoms with Crippen molar-refractivity contribution in [2.75, 3.05) is 13.2 Å². The van der Waals surface area contributed by atoms with Crippen molar-refractivity contribution >= 4 is 0 Å². The molecule has 0 saturated carbocycles. The van der Waals surface area contributed by atoms with Crippen LogP contribution >= 0.6 is 0 Å². The maximum absolute atomic E-state index is 8.09. The number of hydrogen-bond acceptors (Lipinski definition) is 3. The van der Waals surface area contributed by atoms with Gasteiger partial charge in [0, 0.05) is 12.5 Å². The van der Waals surface area contributed by atoms with E-state index in [9.17, 15) is 0 Å². The van der Waals surface area contributed by atoms with E-state index in [0.717, 1.165) is 25.9 Å². The molecule has 0 aromatic rings. The van der Waals surface area contributed by atoms with E-state index in [4.69, 9.17) is 14.7 Å². The average molecular weight is 165 g/mol. The highest BCUT2D eigenvalue weighted by Gasteiger charge is 2.12. The van der Waals surface area contributed by atoms with Gasteiger partial charge in [-0.3, -0.25) is 0 Å². The fraction of sp³-hybridized carbons (Fsp3) is 0.667. The van der Waals surface area contributed by atoms with Gasteiger partial charge in [0.15, 0.2) is 12.4 Å². The van der Waals surface area contributed by atoms with Crippen molar-refractivity contribution in [3.63, 3.8) is 0 Å². The Labute approximate surface area is 72.3 Å². The molecule has 0 amide bonds. The zero-order chi connectivity index (χ0) is 8.65. The standard InChI is InChI=1S/C9H11NO2/c10-6-2-4-8-12-9-5-1-3-7-11-9/h9H,1,3,5,7-8H2. The third-order valence-corrected chi connectivity index (χ3v) is 1.62. The summed E-state index contributed by atoms with van der Waals surface area (Å²) in [5.41, 5.74) is 0. The molecule has 0 aromatic carbocycles. The summed E-state index contributed by atoms with van der Waals surface area (Å²) in [5.74, 6) is 4.83. The maximum Gasteiger partial charge on any atom is 0.158 e. The monoisotopic (exact) mass is 165 g/mol. The molecule has 0 bridgehead atoms. The number of nitriles is 1. The van der Waals surface area contributed by atoms with Crippen LogP contribution in [0.25, 0.3) is 0 Å². The lowest BCUT2D eigenvalue weighted by atomic mass is 10.2. The fourth-order valence-corrected chi connectivity index (χ4v) is 1.05. The van der Waals surface area contributed by atoms with E-state index >= 15 is 0 Å². The fourth-order valence-electron chi connectivity index (χ4n) is 1.05. The quantitative estimate of drug-likeness (QED) is 0.574. The molecule has 1 aliphatic rings. The van der Waals surface area contributed by atoms with Crippen LogP contribution in [0.5, 0.6) is 0 Å². The molecule has 1 atom stereocenters. The zero-order valence-corrected chi connectivity index (χ0v) is 6.88. The summed E-state index contributed by atoms with van der Waals surface area (Å²) in [5, 5.41) is 8.09. The van der Waals surface area contributed by atoms with Gasteiger partial charge in [0.2, 0.25) is 0 Å². The molecule has 1 fully saturated rings. The molecule has 0 aliphatic carbocycles. The van der Waals surface area contributed by atoms with Crippen LogP contribution in [0.1, 0.15) is 19.3 Å². The molecule has 0 spiro atoms. The molecule has 1 saturated heterocycles. The Bertz CT molecular complexity index is 215. The molecule has 64 valence electrons. The Morgan fingerprint density at radius 2 is 2.42 bits per heavy atom. The largest absolute Gasteiger partial charge is 0.353 e. The van der Waals surface area contributed by atoms with Gasteiger partial charge in [0.05, 0.1) is 0 Å². The predicted molar refractivity (Wildman–Crippen MR) is 42.9 cm³/mol. The van der Waals surface area contributed by atoms with E-state index in [-0.39, 0.29) is 12.9 Å². The van der Waals surface area contributed by atoms with Gasteiger partial charge in [-0.2, -0.15) is 5.26 Å². The maximum atomic E-state index is 8.09. The Balaban J connectivity index is 2.10. The molecule has 1 heterocycles. The van der Waals surface area contributed by atoms with E-state index < -0.39 is 0 Å². The summed E-state index contributed by atoms with van der Waals surface area (Å²) in [6, 6.07) is 1.72. The lowest BCUT2D eigenvalue weighted by Crippen LogP contribution is -2.22. The van der Waals surface area contributed by atoms with Crippen molar-refractivity contribution in [2.45, 2.75) is 25.6 Å². The third kappa shape index (κ3) is 3.39. The molecule has 0 N–H and O–H groups in total. The second-order valence-electron chi connectivity index (χ2n) is 2.52. The molecular formula is C9H11NO2. The van der Waals surface area contributed by atoms with Gasteiger partial charge >= 0.3 is 0 Å². The van der Waals surface area contributed by atoms with Crippen molar-refractivity contribution in [2.24, 2.45) is 0 Å². The van der Waals surface area contributed by atoms with Crippen molar-refractivity contribution in [1.29, 1.82) is 5.26 Å². The van der Waals surface area contributed by atoms with Gasteiger partial charge in [-0.15, -0.1) is 0 Å². The van der Waals surface area contributed by atoms with E-state index in [1.165, 1.54) is 0 Å². The van der Waals surface area contributed by atoms with Gasteiger partial charge in [-0.25, -0.2) is 0 Å². The number of hydrogen-bond donors (Lipinski definition) is 0. The summed E-state index contributed by atoms with van der Waals surface area (Å²) in [7, 11) is 0. The minimum atomic E-state index is -0.105. The Morgan fingerprint density at radius 1 is 1.50 bits per heavy atom. The van der Waals surface area contributed by atoms with E-state index in [2.05, 4.69) is 11.8 Å². The summed E-state index contributed by atoms with van der Waals surface area (Å²) in [4.78, 5) is 0. The van der Waals surface area contributed by atoms with E-state index in [1.54, 1.807) is 6.07 Å². The molecule has 0 radical (unpaired) electrons. The van der Waals surface area contributed by atoms with Gasteiger partial charge in [0.1, 0.15) is 6.61 Å². The number of nitrogens with zero attached hydrogens (tertiary/aromatic N) is 1. The van der Waals surface area contributed by atoms with Crippen LogP contribution in [0.2, 0.25) is 0 Å². The number of rotatable bonds is 2. The molecule has 1 rings (SSSR count). The summed E-state index contributed by atoms with van der Waals surface area (Å²) in [6.07, 6.45) is 3.10. The summed E-state index contributed by atoms with van der Waals surface area (Å²) >= 11 is 0. The molecular weight excluding hydrogens is 154 g/mol. The predicted octanol–water partition coefficient (Wildman–Crippen LogP) is 1.06. The lowest BCUT2D eigenvalue weighted by Gasteiger charge is -2.21. The highest BCUT2D eigenvalue weighted by atomic mass is 16.7. The lowest BCUT2D eigenvalue weighted by molar-refractivity contribution is -0.154. The second-order valence-corrected chi connectivity index (χ2v) is 2.52. The van der Waals surface area contributed by atoms with Crippen LogP contribution < -0.4 is 0 Å². The minimum absolute atomic E-state index is 0.105. The van der Waals surface area contributed by atoms with Crippen molar-refractivity contribution in [3.05, 3.63) is 0 Å². The van der Waals surface area contributed by atoms with Crippen LogP contribution in [0, 0.1) is 23.2 Å². The van der Waals surface area contributed by atoms with Crippen LogP contribution in [-0.4, -0.2) is 19.5 Å². The third-order valence-electron chi connectivity index (χ3n) is 1.62. The Morgan fingerprint density at radius 3 is 3.08 bits per heavy atom. The first-order valence-electron chi connectivity index (χ1n) is 4.03. The summed E-state index contributed by atoms with van der Waals surface area (Å²) in [6.45, 7) is 1.06. The van der Waals surface area contributed by atoms with Crippen molar-refractivity contribution < 1.29 is 9.47 Å². The van der Waals surface area contributed by atoms with Crippen LogP contribution in [0.15, 0.2) is 0 Å². The van der Waals surface area contributed by atoms with E-state index in [1.807, 2.05) is 0 Å². The first kappa shape index (κ1) is 9.06. The first-order valence-corrected chi connectivity index (χ1v) is 4.03. The number of ether oxygens (including phenoxy) is 2. The normalized spacial score (nSPS) is 22.1. The van der Waals surface area contributed by atoms with Crippen molar-refractivity contribution in [1.82, 2.24) is 0 Å². The Kier molecular flexibility index (Phi) is 4.23. The van der Waals surface area contributed by atoms with Gasteiger partial charge in [-0.05, 0) is 19.3 Å². The average Bonchev–Trinajstić information content (AvgIpc) is 2.14. The van der Waals surface area contributed by atoms with Crippen LogP contribution in [0.4, 0.5) is 0 Å². The van der Waals surface area contributed by atoms with E-state index in [0.29, 0.717) is 0 Å².